The first-order chi connectivity index (χ1) is 12.5. The molecule has 2 rings (SSSR count). The Bertz CT molecular complexity index is 750. The van der Waals surface area contributed by atoms with Gasteiger partial charge in [0.1, 0.15) is 11.5 Å². The molecule has 138 valence electrons. The molecule has 5 nitrogen and oxygen atoms in total. The van der Waals surface area contributed by atoms with Crippen LogP contribution < -0.4 is 20.2 Å². The van der Waals surface area contributed by atoms with E-state index in [1.54, 1.807) is 19.1 Å². The number of nitrogens with one attached hydrogen (secondary N) is 2. The molecule has 0 aliphatic heterocycles. The predicted molar refractivity (Wildman–Crippen MR) is 102 cm³/mol. The van der Waals surface area contributed by atoms with E-state index in [9.17, 15) is 8.78 Å². The lowest BCUT2D eigenvalue weighted by molar-refractivity contribution is -0.0498. The summed E-state index contributed by atoms with van der Waals surface area (Å²) >= 11 is 5.19. The van der Waals surface area contributed by atoms with E-state index >= 15 is 0 Å². The number of hydrogen-bond donors (Lipinski definition) is 2. The molecule has 0 heterocycles. The van der Waals surface area contributed by atoms with Crippen molar-refractivity contribution in [2.75, 3.05) is 11.9 Å². The Morgan fingerprint density at radius 3 is 2.27 bits per heavy atom. The molecular weight excluding hydrogens is 360 g/mol. The van der Waals surface area contributed by atoms with E-state index in [0.29, 0.717) is 17.4 Å². The number of anilines is 1. The minimum Gasteiger partial charge on any atom is -0.494 e. The standard InChI is InChI=1S/C18H19F2N3O2S/c1-3-24-15-10-6-14(7-11-15)21-18(26)23-22-12(2)13-4-8-16(9-5-13)25-17(19)20/h4-11,17H,3H2,1-2H3,(H2,21,23,26). The summed E-state index contributed by atoms with van der Waals surface area (Å²) in [5.41, 5.74) is 4.94. The zero-order chi connectivity index (χ0) is 18.9. The lowest BCUT2D eigenvalue weighted by Gasteiger charge is -2.09. The van der Waals surface area contributed by atoms with Crippen LogP contribution in [0.1, 0.15) is 19.4 Å². The van der Waals surface area contributed by atoms with Gasteiger partial charge in [-0.1, -0.05) is 0 Å². The molecule has 2 N–H and O–H groups in total. The van der Waals surface area contributed by atoms with Crippen LogP contribution in [0.25, 0.3) is 0 Å². The molecule has 0 saturated carbocycles. The van der Waals surface area contributed by atoms with E-state index in [2.05, 4.69) is 20.6 Å². The van der Waals surface area contributed by atoms with E-state index in [4.69, 9.17) is 17.0 Å². The van der Waals surface area contributed by atoms with Gasteiger partial charge in [0, 0.05) is 5.69 Å². The smallest absolute Gasteiger partial charge is 0.387 e. The van der Waals surface area contributed by atoms with Gasteiger partial charge in [0.2, 0.25) is 0 Å². The topological polar surface area (TPSA) is 54.9 Å². The van der Waals surface area contributed by atoms with Gasteiger partial charge in [0.05, 0.1) is 12.3 Å². The first kappa shape index (κ1) is 19.6. The van der Waals surface area contributed by atoms with Crippen LogP contribution in [-0.4, -0.2) is 24.0 Å². The summed E-state index contributed by atoms with van der Waals surface area (Å²) in [6.07, 6.45) is 0. The van der Waals surface area contributed by atoms with Crippen LogP contribution in [0, 0.1) is 0 Å². The quantitative estimate of drug-likeness (QED) is 0.424. The fourth-order valence-electron chi connectivity index (χ4n) is 2.04. The Balaban J connectivity index is 1.89. The highest BCUT2D eigenvalue weighted by Gasteiger charge is 2.05. The summed E-state index contributed by atoms with van der Waals surface area (Å²) in [4.78, 5) is 0. The fraction of sp³-hybridized carbons (Fsp3) is 0.222. The number of thiocarbonyl (C=S) groups is 1. The average molecular weight is 379 g/mol. The Morgan fingerprint density at radius 2 is 1.69 bits per heavy atom. The second-order valence-electron chi connectivity index (χ2n) is 5.12. The SMILES string of the molecule is CCOc1ccc(NC(=S)NN=C(C)c2ccc(OC(F)F)cc2)cc1. The zero-order valence-corrected chi connectivity index (χ0v) is 15.1. The predicted octanol–water partition coefficient (Wildman–Crippen LogP) is 4.40. The molecule has 2 aromatic rings. The highest BCUT2D eigenvalue weighted by atomic mass is 32.1. The van der Waals surface area contributed by atoms with Crippen LogP contribution in [0.15, 0.2) is 53.6 Å². The first-order valence-electron chi connectivity index (χ1n) is 7.87. The molecule has 0 saturated heterocycles. The molecule has 0 aromatic heterocycles. The molecule has 0 bridgehead atoms. The van der Waals surface area contributed by atoms with Crippen molar-refractivity contribution >= 4 is 28.7 Å². The van der Waals surface area contributed by atoms with Crippen LogP contribution in [0.5, 0.6) is 11.5 Å². The molecule has 0 aliphatic rings. The molecule has 0 spiro atoms. The van der Waals surface area contributed by atoms with Crippen molar-refractivity contribution < 1.29 is 18.3 Å². The number of nitrogens with zero attached hydrogens (tertiary/aromatic N) is 1. The summed E-state index contributed by atoms with van der Waals surface area (Å²) in [7, 11) is 0. The second-order valence-corrected chi connectivity index (χ2v) is 5.53. The van der Waals surface area contributed by atoms with E-state index in [0.717, 1.165) is 17.0 Å². The van der Waals surface area contributed by atoms with Crippen molar-refractivity contribution in [3.05, 3.63) is 54.1 Å². The highest BCUT2D eigenvalue weighted by Crippen LogP contribution is 2.16. The summed E-state index contributed by atoms with van der Waals surface area (Å²) < 4.78 is 34.0. The molecule has 0 amide bonds. The zero-order valence-electron chi connectivity index (χ0n) is 14.3. The molecule has 2 aromatic carbocycles. The van der Waals surface area contributed by atoms with Crippen molar-refractivity contribution in [1.29, 1.82) is 0 Å². The lowest BCUT2D eigenvalue weighted by Crippen LogP contribution is -2.24. The third-order valence-corrected chi connectivity index (χ3v) is 3.44. The van der Waals surface area contributed by atoms with Gasteiger partial charge in [-0.2, -0.15) is 13.9 Å². The molecule has 26 heavy (non-hydrogen) atoms. The number of rotatable bonds is 7. The van der Waals surface area contributed by atoms with Gasteiger partial charge >= 0.3 is 6.61 Å². The Morgan fingerprint density at radius 1 is 1.08 bits per heavy atom. The van der Waals surface area contributed by atoms with Crippen molar-refractivity contribution in [3.8, 4) is 11.5 Å². The number of hydrogen-bond acceptors (Lipinski definition) is 4. The molecule has 0 fully saturated rings. The Hall–Kier alpha value is -2.74. The molecule has 0 atom stereocenters. The van der Waals surface area contributed by atoms with Crippen molar-refractivity contribution in [2.45, 2.75) is 20.5 Å². The normalized spacial score (nSPS) is 11.2. The molecule has 0 unspecified atom stereocenters. The van der Waals surface area contributed by atoms with Gasteiger partial charge in [0.15, 0.2) is 5.11 Å². The van der Waals surface area contributed by atoms with E-state index < -0.39 is 6.61 Å². The Kier molecular flexibility index (Phi) is 7.28. The number of hydrazone groups is 1. The van der Waals surface area contributed by atoms with Gasteiger partial charge in [-0.05, 0) is 80.2 Å². The minimum absolute atomic E-state index is 0.0946. The third kappa shape index (κ3) is 6.29. The number of ether oxygens (including phenoxy) is 2. The van der Waals surface area contributed by atoms with Crippen LogP contribution >= 0.6 is 12.2 Å². The maximum atomic E-state index is 12.1. The van der Waals surface area contributed by atoms with E-state index in [1.807, 2.05) is 31.2 Å². The minimum atomic E-state index is -2.84. The summed E-state index contributed by atoms with van der Waals surface area (Å²) in [6.45, 7) is 1.46. The molecule has 8 heteroatoms. The van der Waals surface area contributed by atoms with Crippen LogP contribution in [0.3, 0.4) is 0 Å². The number of alkyl halides is 2. The van der Waals surface area contributed by atoms with Crippen LogP contribution in [0.2, 0.25) is 0 Å². The molecule has 0 aliphatic carbocycles. The van der Waals surface area contributed by atoms with Gasteiger partial charge in [-0.15, -0.1) is 0 Å². The third-order valence-electron chi connectivity index (χ3n) is 3.25. The fourth-order valence-corrected chi connectivity index (χ4v) is 2.20. The van der Waals surface area contributed by atoms with Gasteiger partial charge < -0.3 is 14.8 Å². The maximum Gasteiger partial charge on any atom is 0.387 e. The lowest BCUT2D eigenvalue weighted by atomic mass is 10.1. The second kappa shape index (κ2) is 9.67. The maximum absolute atomic E-state index is 12.1. The van der Waals surface area contributed by atoms with E-state index in [1.165, 1.54) is 12.1 Å². The highest BCUT2D eigenvalue weighted by molar-refractivity contribution is 7.80. The van der Waals surface area contributed by atoms with Gasteiger partial charge in [-0.25, -0.2) is 0 Å². The largest absolute Gasteiger partial charge is 0.494 e. The van der Waals surface area contributed by atoms with Crippen LogP contribution in [-0.2, 0) is 0 Å². The van der Waals surface area contributed by atoms with Gasteiger partial charge in [-0.3, -0.25) is 5.43 Å². The average Bonchev–Trinajstić information content (AvgIpc) is 2.62. The molecule has 0 radical (unpaired) electrons. The van der Waals surface area contributed by atoms with E-state index in [-0.39, 0.29) is 5.75 Å². The van der Waals surface area contributed by atoms with Gasteiger partial charge in [0.25, 0.3) is 0 Å². The van der Waals surface area contributed by atoms with Crippen LogP contribution in [0.4, 0.5) is 14.5 Å². The monoisotopic (exact) mass is 379 g/mol. The number of halogens is 2. The van der Waals surface area contributed by atoms with Crippen molar-refractivity contribution in [2.24, 2.45) is 5.10 Å². The first-order valence-corrected chi connectivity index (χ1v) is 8.28. The summed E-state index contributed by atoms with van der Waals surface area (Å²) in [6, 6.07) is 13.6. The summed E-state index contributed by atoms with van der Waals surface area (Å²) in [5.74, 6) is 0.877. The molecular formula is C18H19F2N3O2S. The Labute approximate surface area is 156 Å². The number of benzene rings is 2. The summed E-state index contributed by atoms with van der Waals surface area (Å²) in [5, 5.41) is 7.51. The van der Waals surface area contributed by atoms with Crippen molar-refractivity contribution in [3.63, 3.8) is 0 Å². The van der Waals surface area contributed by atoms with Crippen molar-refractivity contribution in [1.82, 2.24) is 5.43 Å².